The molecule has 2 aromatic rings. The first-order valence-electron chi connectivity index (χ1n) is 16.4. The van der Waals surface area contributed by atoms with Gasteiger partial charge in [-0.05, 0) is 94.4 Å². The lowest BCUT2D eigenvalue weighted by Crippen LogP contribution is -2.58. The van der Waals surface area contributed by atoms with Crippen molar-refractivity contribution >= 4 is 24.1 Å². The highest BCUT2D eigenvalue weighted by Gasteiger charge is 2.46. The molecule has 0 spiro atoms. The molecule has 262 valence electrons. The first-order valence-corrected chi connectivity index (χ1v) is 16.4. The standard InChI is InChI=1S/C23H25NO5.C13H23NO5/c1-28-21(26)23(12-10-15(25)11-13-23)24-22(27)29-14-20-18-8-4-2-6-16(18)17-7-3-5-9-19(17)20;1-12(2,3)19-11(17)14-13(10(16)18-4)7-5-9(15)6-8-13/h2-9,15,20,25H,10-14H2,1H3,(H,24,27);9,15H,5-8H2,1-4H3,(H,14,17). The zero-order valence-corrected chi connectivity index (χ0v) is 28.4. The van der Waals surface area contributed by atoms with Gasteiger partial charge < -0.3 is 39.8 Å². The van der Waals surface area contributed by atoms with Crippen molar-refractivity contribution in [3.05, 3.63) is 59.7 Å². The molecule has 0 atom stereocenters. The van der Waals surface area contributed by atoms with Crippen molar-refractivity contribution in [3.63, 3.8) is 0 Å². The number of methoxy groups -OCH3 is 2. The van der Waals surface area contributed by atoms with Crippen molar-refractivity contribution in [3.8, 4) is 11.1 Å². The van der Waals surface area contributed by atoms with Crippen molar-refractivity contribution < 1.29 is 48.3 Å². The minimum absolute atomic E-state index is 0.0459. The quantitative estimate of drug-likeness (QED) is 0.249. The summed E-state index contributed by atoms with van der Waals surface area (Å²) in [6.07, 6.45) is 0.919. The topological polar surface area (TPSA) is 170 Å². The van der Waals surface area contributed by atoms with Crippen LogP contribution >= 0.6 is 0 Å². The van der Waals surface area contributed by atoms with E-state index in [9.17, 15) is 29.4 Å². The van der Waals surface area contributed by atoms with Gasteiger partial charge in [0.15, 0.2) is 0 Å². The Hall–Kier alpha value is -4.16. The summed E-state index contributed by atoms with van der Waals surface area (Å²) < 4.78 is 20.4. The zero-order valence-electron chi connectivity index (χ0n) is 28.4. The summed E-state index contributed by atoms with van der Waals surface area (Å²) in [5.41, 5.74) is 1.71. The molecule has 2 aromatic carbocycles. The van der Waals surface area contributed by atoms with Crippen LogP contribution in [-0.4, -0.2) is 84.1 Å². The summed E-state index contributed by atoms with van der Waals surface area (Å²) in [5, 5.41) is 24.6. The summed E-state index contributed by atoms with van der Waals surface area (Å²) in [5.74, 6) is -1.04. The smallest absolute Gasteiger partial charge is 0.408 e. The Morgan fingerprint density at radius 1 is 0.708 bits per heavy atom. The fraction of sp³-hybridized carbons (Fsp3) is 0.556. The number of aliphatic hydroxyl groups excluding tert-OH is 2. The van der Waals surface area contributed by atoms with Gasteiger partial charge in [-0.3, -0.25) is 0 Å². The van der Waals surface area contributed by atoms with Gasteiger partial charge in [-0.25, -0.2) is 19.2 Å². The molecular formula is C36H48N2O10. The molecule has 48 heavy (non-hydrogen) atoms. The van der Waals surface area contributed by atoms with E-state index in [4.69, 9.17) is 18.9 Å². The largest absolute Gasteiger partial charge is 0.467 e. The minimum Gasteiger partial charge on any atom is -0.467 e. The highest BCUT2D eigenvalue weighted by atomic mass is 16.6. The third-order valence-corrected chi connectivity index (χ3v) is 9.19. The van der Waals surface area contributed by atoms with E-state index in [0.29, 0.717) is 51.4 Å². The van der Waals surface area contributed by atoms with E-state index in [2.05, 4.69) is 34.9 Å². The molecule has 2 fully saturated rings. The molecule has 0 heterocycles. The number of rotatable bonds is 6. The number of benzene rings is 2. The van der Waals surface area contributed by atoms with E-state index < -0.39 is 53.0 Å². The summed E-state index contributed by atoms with van der Waals surface area (Å²) in [7, 11) is 2.58. The van der Waals surface area contributed by atoms with Crippen LogP contribution in [0.25, 0.3) is 11.1 Å². The van der Waals surface area contributed by atoms with Crippen LogP contribution in [0, 0.1) is 0 Å². The Bertz CT molecular complexity index is 1410. The van der Waals surface area contributed by atoms with Gasteiger partial charge in [0.25, 0.3) is 0 Å². The molecule has 5 rings (SSSR count). The van der Waals surface area contributed by atoms with Gasteiger partial charge >= 0.3 is 24.1 Å². The van der Waals surface area contributed by atoms with E-state index in [0.717, 1.165) is 22.3 Å². The fourth-order valence-corrected chi connectivity index (χ4v) is 6.67. The second-order valence-electron chi connectivity index (χ2n) is 13.7. The average Bonchev–Trinajstić information content (AvgIpc) is 3.38. The second kappa shape index (κ2) is 15.4. The number of esters is 2. The lowest BCUT2D eigenvalue weighted by Gasteiger charge is -2.37. The second-order valence-corrected chi connectivity index (χ2v) is 13.7. The third kappa shape index (κ3) is 8.65. The minimum atomic E-state index is -1.14. The molecule has 12 heteroatoms. The first kappa shape index (κ1) is 36.7. The van der Waals surface area contributed by atoms with Crippen LogP contribution in [-0.2, 0) is 28.5 Å². The normalized spacial score (nSPS) is 24.8. The van der Waals surface area contributed by atoms with Gasteiger partial charge in [0, 0.05) is 5.92 Å². The maximum atomic E-state index is 12.6. The molecule has 2 amide bonds. The molecule has 3 aliphatic rings. The average molecular weight is 669 g/mol. The molecule has 0 radical (unpaired) electrons. The van der Waals surface area contributed by atoms with Gasteiger partial charge in [0.05, 0.1) is 26.4 Å². The van der Waals surface area contributed by atoms with Crippen molar-refractivity contribution in [2.24, 2.45) is 0 Å². The number of amides is 2. The number of ether oxygens (including phenoxy) is 4. The molecule has 0 aliphatic heterocycles. The number of fused-ring (bicyclic) bond motifs is 3. The van der Waals surface area contributed by atoms with Crippen LogP contribution in [0.1, 0.15) is 89.2 Å². The van der Waals surface area contributed by atoms with Crippen LogP contribution in [0.4, 0.5) is 9.59 Å². The number of hydrogen-bond acceptors (Lipinski definition) is 10. The maximum absolute atomic E-state index is 12.6. The fourth-order valence-electron chi connectivity index (χ4n) is 6.67. The number of alkyl carbamates (subject to hydrolysis) is 2. The molecular weight excluding hydrogens is 620 g/mol. The Balaban J connectivity index is 0.000000239. The molecule has 0 unspecified atom stereocenters. The molecule has 0 aromatic heterocycles. The van der Waals surface area contributed by atoms with Crippen LogP contribution in [0.5, 0.6) is 0 Å². The van der Waals surface area contributed by atoms with Crippen molar-refractivity contribution in [1.82, 2.24) is 10.6 Å². The van der Waals surface area contributed by atoms with Crippen molar-refractivity contribution in [2.75, 3.05) is 20.8 Å². The summed E-state index contributed by atoms with van der Waals surface area (Å²) in [4.78, 5) is 48.7. The van der Waals surface area contributed by atoms with E-state index >= 15 is 0 Å². The lowest BCUT2D eigenvalue weighted by molar-refractivity contribution is -0.151. The maximum Gasteiger partial charge on any atom is 0.408 e. The summed E-state index contributed by atoms with van der Waals surface area (Å²) in [6, 6.07) is 16.2. The lowest BCUT2D eigenvalue weighted by atomic mass is 9.80. The van der Waals surface area contributed by atoms with E-state index in [1.807, 2.05) is 24.3 Å². The highest BCUT2D eigenvalue weighted by Crippen LogP contribution is 2.44. The Morgan fingerprint density at radius 2 is 1.10 bits per heavy atom. The van der Waals surface area contributed by atoms with Gasteiger partial charge in [-0.1, -0.05) is 48.5 Å². The molecule has 2 saturated carbocycles. The predicted octanol–water partition coefficient (Wildman–Crippen LogP) is 4.73. The van der Waals surface area contributed by atoms with Crippen molar-refractivity contribution in [1.29, 1.82) is 0 Å². The van der Waals surface area contributed by atoms with Crippen molar-refractivity contribution in [2.45, 2.75) is 107 Å². The number of carbonyl (C=O) groups is 4. The third-order valence-electron chi connectivity index (χ3n) is 9.19. The molecule has 4 N–H and O–H groups in total. The summed E-state index contributed by atoms with van der Waals surface area (Å²) in [6.45, 7) is 5.44. The van der Waals surface area contributed by atoms with Crippen LogP contribution in [0.2, 0.25) is 0 Å². The number of hydrogen-bond donors (Lipinski definition) is 4. The predicted molar refractivity (Wildman–Crippen MR) is 176 cm³/mol. The van der Waals surface area contributed by atoms with E-state index in [1.165, 1.54) is 14.2 Å². The summed E-state index contributed by atoms with van der Waals surface area (Å²) >= 11 is 0. The molecule has 0 bridgehead atoms. The Labute approximate surface area is 281 Å². The Morgan fingerprint density at radius 3 is 1.50 bits per heavy atom. The van der Waals surface area contributed by atoms with Crippen LogP contribution in [0.3, 0.4) is 0 Å². The SMILES string of the molecule is COC(=O)C1(NC(=O)OC(C)(C)C)CCC(O)CC1.COC(=O)C1(NC(=O)OCC2c3ccccc3-c3ccccc32)CCC(O)CC1. The Kier molecular flexibility index (Phi) is 11.7. The number of nitrogens with one attached hydrogen (secondary N) is 2. The number of carbonyl (C=O) groups excluding carboxylic acids is 4. The van der Waals surface area contributed by atoms with E-state index in [-0.39, 0.29) is 12.5 Å². The van der Waals surface area contributed by atoms with E-state index in [1.54, 1.807) is 20.8 Å². The first-order chi connectivity index (χ1) is 22.7. The molecule has 3 aliphatic carbocycles. The van der Waals surface area contributed by atoms with Gasteiger partial charge in [0.2, 0.25) is 0 Å². The zero-order chi connectivity index (χ0) is 35.1. The van der Waals surface area contributed by atoms with Gasteiger partial charge in [0.1, 0.15) is 23.3 Å². The van der Waals surface area contributed by atoms with Crippen LogP contribution < -0.4 is 10.6 Å². The van der Waals surface area contributed by atoms with Crippen LogP contribution in [0.15, 0.2) is 48.5 Å². The molecule has 12 nitrogen and oxygen atoms in total. The number of aliphatic hydroxyl groups is 2. The molecule has 0 saturated heterocycles. The van der Waals surface area contributed by atoms with Gasteiger partial charge in [-0.15, -0.1) is 0 Å². The highest BCUT2D eigenvalue weighted by molar-refractivity contribution is 5.87. The van der Waals surface area contributed by atoms with Gasteiger partial charge in [-0.2, -0.15) is 0 Å². The monoisotopic (exact) mass is 668 g/mol.